The number of carbonyl (C=O) groups excluding carboxylic acids is 2. The fourth-order valence-electron chi connectivity index (χ4n) is 3.42. The third-order valence-corrected chi connectivity index (χ3v) is 5.37. The molecule has 2 aromatic carbocycles. The maximum Gasteiger partial charge on any atom is 0.257 e. The minimum Gasteiger partial charge on any atom is -0.507 e. The van der Waals surface area contributed by atoms with Gasteiger partial charge in [0.15, 0.2) is 0 Å². The number of hydrogen-bond donors (Lipinski definition) is 5. The van der Waals surface area contributed by atoms with E-state index in [2.05, 4.69) is 10.3 Å². The Bertz CT molecular complexity index is 1270. The number of aryl methyl sites for hydroxylation is 1. The van der Waals surface area contributed by atoms with E-state index in [-0.39, 0.29) is 39.5 Å². The van der Waals surface area contributed by atoms with Crippen LogP contribution in [-0.2, 0) is 0 Å². The van der Waals surface area contributed by atoms with E-state index >= 15 is 0 Å². The van der Waals surface area contributed by atoms with Crippen molar-refractivity contribution in [1.29, 1.82) is 5.41 Å². The largest absolute Gasteiger partial charge is 0.507 e. The number of nitrogens with zero attached hydrogens (tertiary/aromatic N) is 1. The summed E-state index contributed by atoms with van der Waals surface area (Å²) >= 11 is 5.93. The Labute approximate surface area is 189 Å². The van der Waals surface area contributed by atoms with Gasteiger partial charge in [-0.3, -0.25) is 14.6 Å². The van der Waals surface area contributed by atoms with Gasteiger partial charge in [0.2, 0.25) is 0 Å². The van der Waals surface area contributed by atoms with Gasteiger partial charge in [-0.05, 0) is 61.7 Å². The van der Waals surface area contributed by atoms with Gasteiger partial charge in [-0.2, -0.15) is 0 Å². The van der Waals surface area contributed by atoms with E-state index in [1.165, 1.54) is 18.3 Å². The van der Waals surface area contributed by atoms with Crippen molar-refractivity contribution >= 4 is 40.5 Å². The molecule has 32 heavy (non-hydrogen) atoms. The summed E-state index contributed by atoms with van der Waals surface area (Å²) in [5.41, 5.74) is 14.4. The number of amides is 2. The maximum absolute atomic E-state index is 13.2. The highest BCUT2D eigenvalue weighted by Gasteiger charge is 2.24. The predicted molar refractivity (Wildman–Crippen MR) is 126 cm³/mol. The van der Waals surface area contributed by atoms with Crippen LogP contribution >= 0.6 is 11.6 Å². The zero-order chi connectivity index (χ0) is 23.7. The minimum atomic E-state index is -0.794. The van der Waals surface area contributed by atoms with Crippen molar-refractivity contribution in [2.45, 2.75) is 20.8 Å². The number of nitrogen functional groups attached to an aromatic ring is 1. The van der Waals surface area contributed by atoms with Gasteiger partial charge in [-0.1, -0.05) is 17.7 Å². The third-order valence-electron chi connectivity index (χ3n) is 5.14. The standard InChI is InChI=1S/C23H22ClN5O3/c1-10-8-16(22(27)31)20(18(21(10)30)17-7-4-13(24)9-28-17)29-23(32)15-6-5-14(12(3)25)11(2)19(15)26/h4-9,25,30H,26H2,1-3H3,(H2,27,31)(H,29,32). The molecule has 0 spiro atoms. The molecule has 2 amide bonds. The predicted octanol–water partition coefficient (Wildman–Crippen LogP) is 4.05. The SMILES string of the molecule is CC(=N)c1ccc(C(=O)Nc2c(C(N)=O)cc(C)c(O)c2-c2ccc(Cl)cn2)c(N)c1C. The summed E-state index contributed by atoms with van der Waals surface area (Å²) in [4.78, 5) is 29.5. The number of pyridine rings is 1. The van der Waals surface area contributed by atoms with Crippen LogP contribution < -0.4 is 16.8 Å². The summed E-state index contributed by atoms with van der Waals surface area (Å²) in [5.74, 6) is -1.57. The molecule has 3 aromatic rings. The summed E-state index contributed by atoms with van der Waals surface area (Å²) in [5, 5.41) is 21.6. The van der Waals surface area contributed by atoms with Gasteiger partial charge in [0.05, 0.1) is 33.1 Å². The van der Waals surface area contributed by atoms with E-state index in [4.69, 9.17) is 28.5 Å². The smallest absolute Gasteiger partial charge is 0.257 e. The zero-order valence-corrected chi connectivity index (χ0v) is 18.5. The number of aromatic hydroxyl groups is 1. The number of aromatic nitrogens is 1. The fraction of sp³-hybridized carbons (Fsp3) is 0.130. The lowest BCUT2D eigenvalue weighted by Crippen LogP contribution is -2.21. The van der Waals surface area contributed by atoms with Crippen LogP contribution in [0, 0.1) is 19.3 Å². The van der Waals surface area contributed by atoms with Gasteiger partial charge < -0.3 is 27.3 Å². The fourth-order valence-corrected chi connectivity index (χ4v) is 3.53. The second-order valence-electron chi connectivity index (χ2n) is 7.34. The number of nitrogens with one attached hydrogen (secondary N) is 2. The second kappa shape index (κ2) is 8.68. The van der Waals surface area contributed by atoms with Gasteiger partial charge in [0.25, 0.3) is 11.8 Å². The number of anilines is 2. The van der Waals surface area contributed by atoms with Crippen LogP contribution in [-0.4, -0.2) is 27.6 Å². The van der Waals surface area contributed by atoms with Gasteiger partial charge >= 0.3 is 0 Å². The van der Waals surface area contributed by atoms with E-state index < -0.39 is 11.8 Å². The van der Waals surface area contributed by atoms with Crippen molar-refractivity contribution in [3.05, 3.63) is 69.4 Å². The Hall–Kier alpha value is -3.91. The zero-order valence-electron chi connectivity index (χ0n) is 17.7. The molecular weight excluding hydrogens is 430 g/mol. The van der Waals surface area contributed by atoms with Gasteiger partial charge in [-0.15, -0.1) is 0 Å². The number of primary amides is 1. The van der Waals surface area contributed by atoms with Crippen LogP contribution in [0.4, 0.5) is 11.4 Å². The monoisotopic (exact) mass is 451 g/mol. The summed E-state index contributed by atoms with van der Waals surface area (Å²) in [6.45, 7) is 4.95. The summed E-state index contributed by atoms with van der Waals surface area (Å²) in [7, 11) is 0. The van der Waals surface area contributed by atoms with Crippen molar-refractivity contribution in [2.75, 3.05) is 11.1 Å². The highest BCUT2D eigenvalue weighted by Crippen LogP contribution is 2.41. The molecule has 0 saturated carbocycles. The maximum atomic E-state index is 13.2. The first kappa shape index (κ1) is 22.8. The van der Waals surface area contributed by atoms with Gasteiger partial charge in [0.1, 0.15) is 5.75 Å². The van der Waals surface area contributed by atoms with Crippen LogP contribution in [0.25, 0.3) is 11.3 Å². The number of phenolic OH excluding ortho intramolecular Hbond substituents is 1. The Morgan fingerprint density at radius 1 is 1.12 bits per heavy atom. The molecule has 0 fully saturated rings. The summed E-state index contributed by atoms with van der Waals surface area (Å²) < 4.78 is 0. The second-order valence-corrected chi connectivity index (χ2v) is 7.78. The lowest BCUT2D eigenvalue weighted by molar-refractivity contribution is 0.100. The highest BCUT2D eigenvalue weighted by atomic mass is 35.5. The Morgan fingerprint density at radius 2 is 1.78 bits per heavy atom. The van der Waals surface area contributed by atoms with Crippen LogP contribution in [0.3, 0.4) is 0 Å². The van der Waals surface area contributed by atoms with Crippen LogP contribution in [0.5, 0.6) is 5.75 Å². The topological polar surface area (TPSA) is 155 Å². The Kier molecular flexibility index (Phi) is 6.18. The number of benzene rings is 2. The van der Waals surface area contributed by atoms with E-state index in [0.29, 0.717) is 27.4 Å². The molecule has 0 unspecified atom stereocenters. The van der Waals surface area contributed by atoms with Crippen LogP contribution in [0.1, 0.15) is 44.3 Å². The molecule has 7 N–H and O–H groups in total. The average Bonchev–Trinajstić information content (AvgIpc) is 2.73. The number of phenols is 1. The lowest BCUT2D eigenvalue weighted by atomic mass is 9.96. The van der Waals surface area contributed by atoms with E-state index in [1.807, 2.05) is 0 Å². The summed E-state index contributed by atoms with van der Waals surface area (Å²) in [6, 6.07) is 7.65. The molecule has 1 aromatic heterocycles. The van der Waals surface area contributed by atoms with Crippen molar-refractivity contribution in [3.8, 4) is 17.0 Å². The molecule has 0 radical (unpaired) electrons. The van der Waals surface area contributed by atoms with Crippen molar-refractivity contribution in [3.63, 3.8) is 0 Å². The molecule has 9 heteroatoms. The molecule has 0 aliphatic rings. The number of halogens is 1. The molecule has 8 nitrogen and oxygen atoms in total. The number of hydrogen-bond acceptors (Lipinski definition) is 6. The van der Waals surface area contributed by atoms with Gasteiger partial charge in [-0.25, -0.2) is 0 Å². The molecule has 0 saturated heterocycles. The van der Waals surface area contributed by atoms with Crippen LogP contribution in [0.15, 0.2) is 36.5 Å². The minimum absolute atomic E-state index is 0.00245. The number of nitrogens with two attached hydrogens (primary N) is 2. The summed E-state index contributed by atoms with van der Waals surface area (Å²) in [6.07, 6.45) is 1.38. The molecule has 1 heterocycles. The quantitative estimate of drug-likeness (QED) is 0.292. The molecule has 0 aliphatic heterocycles. The first-order chi connectivity index (χ1) is 15.0. The van der Waals surface area contributed by atoms with E-state index in [9.17, 15) is 14.7 Å². The lowest BCUT2D eigenvalue weighted by Gasteiger charge is -2.19. The normalized spacial score (nSPS) is 10.6. The highest BCUT2D eigenvalue weighted by molar-refractivity contribution is 6.30. The van der Waals surface area contributed by atoms with Crippen molar-refractivity contribution in [1.82, 2.24) is 4.98 Å². The number of carbonyl (C=O) groups is 2. The van der Waals surface area contributed by atoms with E-state index in [1.54, 1.807) is 39.0 Å². The average molecular weight is 452 g/mol. The van der Waals surface area contributed by atoms with Crippen LogP contribution in [0.2, 0.25) is 5.02 Å². The molecule has 0 atom stereocenters. The molecule has 0 bridgehead atoms. The van der Waals surface area contributed by atoms with Crippen molar-refractivity contribution < 1.29 is 14.7 Å². The number of rotatable bonds is 5. The van der Waals surface area contributed by atoms with Gasteiger partial charge in [0, 0.05) is 17.6 Å². The van der Waals surface area contributed by atoms with Crippen molar-refractivity contribution in [2.24, 2.45) is 5.73 Å². The Balaban J connectivity index is 2.19. The first-order valence-electron chi connectivity index (χ1n) is 9.57. The van der Waals surface area contributed by atoms with E-state index in [0.717, 1.165) is 0 Å². The molecule has 164 valence electrons. The Morgan fingerprint density at radius 3 is 2.34 bits per heavy atom. The third kappa shape index (κ3) is 4.13. The first-order valence-corrected chi connectivity index (χ1v) is 9.95. The molecular formula is C23H22ClN5O3. The molecule has 0 aliphatic carbocycles. The molecule has 3 rings (SSSR count).